The van der Waals surface area contributed by atoms with Crippen LogP contribution in [0.5, 0.6) is 0 Å². The van der Waals surface area contributed by atoms with E-state index in [1.54, 1.807) is 24.2 Å². The Labute approximate surface area is 223 Å². The summed E-state index contributed by atoms with van der Waals surface area (Å²) in [5.41, 5.74) is 3.20. The van der Waals surface area contributed by atoms with Crippen molar-refractivity contribution in [2.75, 3.05) is 0 Å². The third-order valence-electron chi connectivity index (χ3n) is 5.03. The van der Waals surface area contributed by atoms with E-state index in [0.29, 0.717) is 0 Å². The van der Waals surface area contributed by atoms with Crippen LogP contribution in [-0.2, 0) is 35.1 Å². The minimum absolute atomic E-state index is 0. The summed E-state index contributed by atoms with van der Waals surface area (Å²) >= 11 is 1.55. The van der Waals surface area contributed by atoms with Crippen molar-refractivity contribution >= 4 is 24.8 Å². The van der Waals surface area contributed by atoms with Gasteiger partial charge in [0, 0.05) is 0 Å². The second kappa shape index (κ2) is 13.1. The molecule has 4 rings (SSSR count). The fourth-order valence-electron chi connectivity index (χ4n) is 3.27. The number of benzene rings is 2. The summed E-state index contributed by atoms with van der Waals surface area (Å²) in [6, 6.07) is 16.1. The Balaban J connectivity index is 0.000000739. The van der Waals surface area contributed by atoms with Gasteiger partial charge in [-0.15, -0.1) is 46.2 Å². The summed E-state index contributed by atoms with van der Waals surface area (Å²) in [5, 5.41) is 5.49. The Kier molecular flexibility index (Phi) is 12.8. The quantitative estimate of drug-likeness (QED) is 0.380. The van der Waals surface area contributed by atoms with Crippen molar-refractivity contribution in [2.45, 2.75) is 72.6 Å². The predicted octanol–water partition coefficient (Wildman–Crippen LogP) is 2.37. The number of halogens is 2. The van der Waals surface area contributed by atoms with Gasteiger partial charge in [-0.2, -0.15) is 6.08 Å². The van der Waals surface area contributed by atoms with Gasteiger partial charge in [-0.3, -0.25) is 6.08 Å². The van der Waals surface area contributed by atoms with Crippen LogP contribution < -0.4 is 24.8 Å². The summed E-state index contributed by atoms with van der Waals surface area (Å²) in [4.78, 5) is 0. The van der Waals surface area contributed by atoms with Gasteiger partial charge in [-0.05, 0) is 10.8 Å². The molecule has 0 amide bonds. The number of allylic oxidation sites excluding steroid dienone is 4. The summed E-state index contributed by atoms with van der Waals surface area (Å²) in [6.07, 6.45) is 10.0. The first kappa shape index (κ1) is 31.1. The number of hydrogen-bond donors (Lipinski definition) is 0. The molecule has 0 aliphatic heterocycles. The van der Waals surface area contributed by atoms with Crippen LogP contribution in [0.4, 0.5) is 0 Å². The van der Waals surface area contributed by atoms with Gasteiger partial charge in [-0.1, -0.05) is 76.9 Å². The third kappa shape index (κ3) is 9.17. The van der Waals surface area contributed by atoms with E-state index < -0.39 is 0 Å². The standard InChI is InChI=1S/C21H25.C5H5.C3H6.2ClH.Zr/c1-20(2,3)16-9-7-14-11-15-8-10-17(21(4,5)6)13-19(15)18(14)12-16;1-2-4-5-3-1;1-3-2;;;/h7-13H,1-6H3;1-3H,4H2;1-2H3;2*1H;/q2*-1;;;;+2/p-2. The van der Waals surface area contributed by atoms with Gasteiger partial charge < -0.3 is 24.8 Å². The van der Waals surface area contributed by atoms with E-state index in [2.05, 4.69) is 110 Å². The van der Waals surface area contributed by atoms with Crippen molar-refractivity contribution in [2.24, 2.45) is 0 Å². The fourth-order valence-corrected chi connectivity index (χ4v) is 3.27. The summed E-state index contributed by atoms with van der Waals surface area (Å²) in [7, 11) is 0. The van der Waals surface area contributed by atoms with Crippen molar-refractivity contribution < 1.29 is 49.0 Å². The molecule has 0 aromatic heterocycles. The molecule has 0 N–H and O–H groups in total. The zero-order chi connectivity index (χ0) is 22.5. The molecule has 0 saturated heterocycles. The maximum absolute atomic E-state index is 2.99. The van der Waals surface area contributed by atoms with E-state index in [4.69, 9.17) is 0 Å². The SMILES string of the molecule is CC(C)(C)c1ccc2[cH-]c3ccc(C(C)(C)C)cc3c2c1.C[C](C)=[Zr+2].[C-]1=CC=CC1.[Cl-].[Cl-]. The van der Waals surface area contributed by atoms with E-state index in [1.165, 1.54) is 35.9 Å². The molecule has 0 atom stereocenters. The topological polar surface area (TPSA) is 0 Å². The zero-order valence-corrected chi connectivity index (χ0v) is 24.7. The molecule has 0 unspecified atom stereocenters. The van der Waals surface area contributed by atoms with Crippen LogP contribution in [0.1, 0.15) is 72.9 Å². The van der Waals surface area contributed by atoms with E-state index in [9.17, 15) is 0 Å². The molecule has 32 heavy (non-hydrogen) atoms. The molecule has 0 radical (unpaired) electrons. The van der Waals surface area contributed by atoms with Gasteiger partial charge in [0.25, 0.3) is 0 Å². The smallest absolute Gasteiger partial charge is 0.109 e. The Morgan fingerprint density at radius 1 is 0.812 bits per heavy atom. The molecule has 0 fully saturated rings. The minimum atomic E-state index is 0. The molecule has 0 spiro atoms. The second-order valence-electron chi connectivity index (χ2n) is 10.3. The Morgan fingerprint density at radius 2 is 1.22 bits per heavy atom. The molecule has 0 bridgehead atoms. The molecule has 0 heterocycles. The predicted molar refractivity (Wildman–Crippen MR) is 132 cm³/mol. The van der Waals surface area contributed by atoms with Crippen LogP contribution in [0.2, 0.25) is 0 Å². The maximum atomic E-state index is 2.99. The van der Waals surface area contributed by atoms with Gasteiger partial charge in [0.1, 0.15) is 0 Å². The summed E-state index contributed by atoms with van der Waals surface area (Å²) < 4.78 is 1.51. The fraction of sp³-hybridized carbons (Fsp3) is 0.379. The summed E-state index contributed by atoms with van der Waals surface area (Å²) in [5.74, 6) is 0. The van der Waals surface area contributed by atoms with Crippen molar-refractivity contribution in [3.8, 4) is 0 Å². The van der Waals surface area contributed by atoms with Crippen LogP contribution in [0.25, 0.3) is 21.5 Å². The molecule has 1 aliphatic carbocycles. The van der Waals surface area contributed by atoms with Crippen molar-refractivity contribution in [1.82, 2.24) is 0 Å². The molecule has 1 aliphatic rings. The molecular formula is C29H36Cl2Zr-2. The first-order valence-corrected chi connectivity index (χ1v) is 12.0. The van der Waals surface area contributed by atoms with Crippen LogP contribution in [0, 0.1) is 6.08 Å². The zero-order valence-electron chi connectivity index (χ0n) is 20.7. The molecule has 172 valence electrons. The van der Waals surface area contributed by atoms with Gasteiger partial charge in [-0.25, -0.2) is 12.2 Å². The Morgan fingerprint density at radius 3 is 1.47 bits per heavy atom. The monoisotopic (exact) mass is 544 g/mol. The Hall–Kier alpha value is -0.877. The molecule has 0 nitrogen and oxygen atoms in total. The molecular weight excluding hydrogens is 510 g/mol. The van der Waals surface area contributed by atoms with Gasteiger partial charge in [0.2, 0.25) is 0 Å². The number of fused-ring (bicyclic) bond motifs is 3. The van der Waals surface area contributed by atoms with Crippen molar-refractivity contribution in [3.05, 3.63) is 77.9 Å². The van der Waals surface area contributed by atoms with Crippen LogP contribution in [0.15, 0.2) is 60.7 Å². The van der Waals surface area contributed by atoms with E-state index >= 15 is 0 Å². The van der Waals surface area contributed by atoms with E-state index in [1.807, 2.05) is 12.2 Å². The number of rotatable bonds is 0. The first-order valence-electron chi connectivity index (χ1n) is 10.8. The van der Waals surface area contributed by atoms with Crippen LogP contribution in [-0.4, -0.2) is 3.21 Å². The normalized spacial score (nSPS) is 12.3. The van der Waals surface area contributed by atoms with Crippen molar-refractivity contribution in [3.63, 3.8) is 0 Å². The molecule has 3 aromatic rings. The van der Waals surface area contributed by atoms with Gasteiger partial charge >= 0.3 is 41.3 Å². The van der Waals surface area contributed by atoms with Crippen LogP contribution >= 0.6 is 0 Å². The summed E-state index contributed by atoms with van der Waals surface area (Å²) in [6.45, 7) is 17.9. The third-order valence-corrected chi connectivity index (χ3v) is 5.03. The molecule has 3 aromatic carbocycles. The van der Waals surface area contributed by atoms with Crippen LogP contribution in [0.3, 0.4) is 0 Å². The van der Waals surface area contributed by atoms with Gasteiger partial charge in [0.15, 0.2) is 0 Å². The average molecular weight is 547 g/mol. The van der Waals surface area contributed by atoms with Crippen molar-refractivity contribution in [1.29, 1.82) is 0 Å². The Bertz CT molecular complexity index is 988. The average Bonchev–Trinajstić information content (AvgIpc) is 3.30. The van der Waals surface area contributed by atoms with Gasteiger partial charge in [0.05, 0.1) is 0 Å². The first-order chi connectivity index (χ1) is 13.9. The maximum Gasteiger partial charge on any atom is -0.109 e. The minimum Gasteiger partial charge on any atom is -1.00 e. The van der Waals surface area contributed by atoms with E-state index in [0.717, 1.165) is 6.42 Å². The molecule has 3 heteroatoms. The number of hydrogen-bond acceptors (Lipinski definition) is 0. The van der Waals surface area contributed by atoms with E-state index in [-0.39, 0.29) is 35.6 Å². The second-order valence-corrected chi connectivity index (χ2v) is 12.7. The molecule has 0 saturated carbocycles. The largest absolute Gasteiger partial charge is 1.00 e.